The van der Waals surface area contributed by atoms with Gasteiger partial charge in [-0.25, -0.2) is 4.79 Å². The van der Waals surface area contributed by atoms with Crippen LogP contribution in [0.25, 0.3) is 0 Å². The molecular weight excluding hydrogens is 258 g/mol. The van der Waals surface area contributed by atoms with Crippen LogP contribution >= 0.6 is 0 Å². The van der Waals surface area contributed by atoms with E-state index < -0.39 is 11.9 Å². The van der Waals surface area contributed by atoms with Crippen LogP contribution in [0.4, 0.5) is 4.79 Å². The Morgan fingerprint density at radius 3 is 2.60 bits per heavy atom. The van der Waals surface area contributed by atoms with Crippen molar-refractivity contribution in [3.8, 4) is 0 Å². The zero-order valence-corrected chi connectivity index (χ0v) is 12.5. The Morgan fingerprint density at radius 1 is 1.25 bits per heavy atom. The lowest BCUT2D eigenvalue weighted by atomic mass is 10.0. The van der Waals surface area contributed by atoms with Crippen LogP contribution in [0.15, 0.2) is 0 Å². The predicted octanol–water partition coefficient (Wildman–Crippen LogP) is 1.27. The predicted molar refractivity (Wildman–Crippen MR) is 77.7 cm³/mol. The number of hydrogen-bond acceptors (Lipinski definition) is 3. The van der Waals surface area contributed by atoms with Gasteiger partial charge in [-0.1, -0.05) is 20.3 Å². The van der Waals surface area contributed by atoms with Crippen LogP contribution in [0.3, 0.4) is 0 Å². The molecule has 1 aliphatic rings. The second kappa shape index (κ2) is 8.79. The fourth-order valence-electron chi connectivity index (χ4n) is 2.72. The number of nitrogens with zero attached hydrogens (tertiary/aromatic N) is 1. The van der Waals surface area contributed by atoms with Gasteiger partial charge in [-0.2, -0.15) is 0 Å². The van der Waals surface area contributed by atoms with Crippen molar-refractivity contribution in [2.45, 2.75) is 45.6 Å². The van der Waals surface area contributed by atoms with Crippen LogP contribution < -0.4 is 10.6 Å². The molecule has 1 saturated carbocycles. The van der Waals surface area contributed by atoms with E-state index in [4.69, 9.17) is 5.11 Å². The highest BCUT2D eigenvalue weighted by Gasteiger charge is 2.33. The van der Waals surface area contributed by atoms with Crippen molar-refractivity contribution >= 4 is 12.0 Å². The number of aliphatic carboxylic acids is 1. The molecule has 1 rings (SSSR count). The third kappa shape index (κ3) is 5.36. The number of likely N-dealkylation sites (N-methyl/N-ethyl adjacent to an activating group) is 1. The Morgan fingerprint density at radius 2 is 2.00 bits per heavy atom. The monoisotopic (exact) mass is 285 g/mol. The largest absolute Gasteiger partial charge is 0.481 e. The second-order valence-electron chi connectivity index (χ2n) is 5.32. The van der Waals surface area contributed by atoms with Crippen molar-refractivity contribution in [3.05, 3.63) is 0 Å². The van der Waals surface area contributed by atoms with E-state index in [1.165, 1.54) is 0 Å². The van der Waals surface area contributed by atoms with Gasteiger partial charge in [-0.05, 0) is 32.4 Å². The quantitative estimate of drug-likeness (QED) is 0.627. The zero-order chi connectivity index (χ0) is 15.0. The summed E-state index contributed by atoms with van der Waals surface area (Å²) in [7, 11) is 0. The summed E-state index contributed by atoms with van der Waals surface area (Å²) >= 11 is 0. The molecule has 2 unspecified atom stereocenters. The first-order valence-electron chi connectivity index (χ1n) is 7.58. The Hall–Kier alpha value is -1.30. The summed E-state index contributed by atoms with van der Waals surface area (Å²) in [6, 6.07) is -0.485. The highest BCUT2D eigenvalue weighted by molar-refractivity contribution is 5.77. The summed E-state index contributed by atoms with van der Waals surface area (Å²) in [4.78, 5) is 25.1. The van der Waals surface area contributed by atoms with Gasteiger partial charge in [-0.15, -0.1) is 0 Å². The molecule has 0 aromatic rings. The third-order valence-corrected chi connectivity index (χ3v) is 3.85. The van der Waals surface area contributed by atoms with Crippen molar-refractivity contribution in [3.63, 3.8) is 0 Å². The summed E-state index contributed by atoms with van der Waals surface area (Å²) in [6.45, 7) is 7.65. The summed E-state index contributed by atoms with van der Waals surface area (Å²) in [6.07, 6.45) is 3.37. The van der Waals surface area contributed by atoms with Crippen molar-refractivity contribution < 1.29 is 14.7 Å². The molecule has 0 heterocycles. The molecule has 3 N–H and O–H groups in total. The van der Waals surface area contributed by atoms with Gasteiger partial charge in [-0.3, -0.25) is 4.79 Å². The smallest absolute Gasteiger partial charge is 0.315 e. The highest BCUT2D eigenvalue weighted by atomic mass is 16.4. The maximum atomic E-state index is 11.8. The number of hydrogen-bond donors (Lipinski definition) is 3. The van der Waals surface area contributed by atoms with Crippen LogP contribution in [0.5, 0.6) is 0 Å². The minimum Gasteiger partial charge on any atom is -0.481 e. The molecular formula is C14H27N3O3. The standard InChI is InChI=1S/C14H27N3O3/c1-3-9-17(4-2)10-8-15-14(20)16-12-7-5-6-11(12)13(18)19/h11-12H,3-10H2,1-2H3,(H,18,19)(H2,15,16,20). The molecule has 1 aliphatic carbocycles. The molecule has 0 saturated heterocycles. The van der Waals surface area contributed by atoms with Crippen LogP contribution in [-0.2, 0) is 4.79 Å². The topological polar surface area (TPSA) is 81.7 Å². The van der Waals surface area contributed by atoms with Crippen LogP contribution in [0.1, 0.15) is 39.5 Å². The Kier molecular flexibility index (Phi) is 7.36. The van der Waals surface area contributed by atoms with E-state index in [1.54, 1.807) is 0 Å². The van der Waals surface area contributed by atoms with Gasteiger partial charge in [0, 0.05) is 19.1 Å². The fourth-order valence-corrected chi connectivity index (χ4v) is 2.72. The molecule has 6 nitrogen and oxygen atoms in total. The lowest BCUT2D eigenvalue weighted by molar-refractivity contribution is -0.142. The van der Waals surface area contributed by atoms with Gasteiger partial charge in [0.05, 0.1) is 5.92 Å². The Balaban J connectivity index is 2.24. The summed E-state index contributed by atoms with van der Waals surface area (Å²) in [5.74, 6) is -1.25. The van der Waals surface area contributed by atoms with Crippen LogP contribution in [0.2, 0.25) is 0 Å². The maximum absolute atomic E-state index is 11.8. The van der Waals surface area contributed by atoms with Crippen LogP contribution in [0, 0.1) is 5.92 Å². The number of amides is 2. The van der Waals surface area contributed by atoms with Gasteiger partial charge >= 0.3 is 12.0 Å². The SMILES string of the molecule is CCCN(CC)CCNC(=O)NC1CCCC1C(=O)O. The maximum Gasteiger partial charge on any atom is 0.315 e. The molecule has 0 bridgehead atoms. The number of nitrogens with one attached hydrogen (secondary N) is 2. The van der Waals surface area contributed by atoms with E-state index in [-0.39, 0.29) is 12.1 Å². The van der Waals surface area contributed by atoms with Gasteiger partial charge in [0.15, 0.2) is 0 Å². The van der Waals surface area contributed by atoms with Gasteiger partial charge in [0.2, 0.25) is 0 Å². The molecule has 0 aromatic carbocycles. The van der Waals surface area contributed by atoms with Gasteiger partial charge in [0.1, 0.15) is 0 Å². The van der Waals surface area contributed by atoms with E-state index >= 15 is 0 Å². The molecule has 0 aromatic heterocycles. The molecule has 0 radical (unpaired) electrons. The van der Waals surface area contributed by atoms with E-state index in [9.17, 15) is 9.59 Å². The van der Waals surface area contributed by atoms with E-state index in [0.717, 1.165) is 38.9 Å². The number of carboxylic acid groups (broad SMARTS) is 1. The number of carbonyl (C=O) groups is 2. The van der Waals surface area contributed by atoms with Crippen LogP contribution in [-0.4, -0.2) is 54.2 Å². The average molecular weight is 285 g/mol. The van der Waals surface area contributed by atoms with E-state index in [2.05, 4.69) is 29.4 Å². The number of rotatable bonds is 8. The van der Waals surface area contributed by atoms with Crippen molar-refractivity contribution in [1.82, 2.24) is 15.5 Å². The third-order valence-electron chi connectivity index (χ3n) is 3.85. The first kappa shape index (κ1) is 16.8. The normalized spacial score (nSPS) is 21.9. The molecule has 1 fully saturated rings. The lowest BCUT2D eigenvalue weighted by Crippen LogP contribution is -2.47. The fraction of sp³-hybridized carbons (Fsp3) is 0.857. The van der Waals surface area contributed by atoms with Gasteiger partial charge < -0.3 is 20.6 Å². The zero-order valence-electron chi connectivity index (χ0n) is 12.5. The van der Waals surface area contributed by atoms with Crippen molar-refractivity contribution in [2.24, 2.45) is 5.92 Å². The Bertz CT molecular complexity index is 323. The average Bonchev–Trinajstić information content (AvgIpc) is 2.85. The molecule has 2 amide bonds. The Labute approximate surface area is 120 Å². The summed E-state index contributed by atoms with van der Waals surface area (Å²) in [5.41, 5.74) is 0. The first-order chi connectivity index (χ1) is 9.58. The summed E-state index contributed by atoms with van der Waals surface area (Å²) in [5, 5.41) is 14.7. The molecule has 116 valence electrons. The summed E-state index contributed by atoms with van der Waals surface area (Å²) < 4.78 is 0. The lowest BCUT2D eigenvalue weighted by Gasteiger charge is -2.21. The number of urea groups is 1. The number of carbonyl (C=O) groups excluding carboxylic acids is 1. The molecule has 6 heteroatoms. The molecule has 20 heavy (non-hydrogen) atoms. The second-order valence-corrected chi connectivity index (χ2v) is 5.32. The van der Waals surface area contributed by atoms with Crippen molar-refractivity contribution in [1.29, 1.82) is 0 Å². The molecule has 2 atom stereocenters. The first-order valence-corrected chi connectivity index (χ1v) is 7.58. The van der Waals surface area contributed by atoms with Crippen molar-refractivity contribution in [2.75, 3.05) is 26.2 Å². The highest BCUT2D eigenvalue weighted by Crippen LogP contribution is 2.25. The minimum absolute atomic E-state index is 0.231. The number of carboxylic acids is 1. The van der Waals surface area contributed by atoms with E-state index in [0.29, 0.717) is 13.0 Å². The minimum atomic E-state index is -0.812. The molecule has 0 aliphatic heterocycles. The molecule has 0 spiro atoms. The van der Waals surface area contributed by atoms with E-state index in [1.807, 2.05) is 0 Å². The van der Waals surface area contributed by atoms with Gasteiger partial charge in [0.25, 0.3) is 0 Å².